The Morgan fingerprint density at radius 2 is 2.06 bits per heavy atom. The van der Waals surface area contributed by atoms with E-state index in [0.29, 0.717) is 13.0 Å². The smallest absolute Gasteiger partial charge is 0.220 e. The summed E-state index contributed by atoms with van der Waals surface area (Å²) in [6.45, 7) is 9.29. The van der Waals surface area contributed by atoms with Crippen LogP contribution in [0, 0.1) is 5.41 Å². The summed E-state index contributed by atoms with van der Waals surface area (Å²) in [4.78, 5) is 11.8. The first-order valence-electron chi connectivity index (χ1n) is 6.98. The molecule has 0 aliphatic carbocycles. The number of amides is 1. The SMILES string of the molecule is CCSCCC(C)NC(=O)CCC(C)(C)CCN. The van der Waals surface area contributed by atoms with E-state index < -0.39 is 0 Å². The highest BCUT2D eigenvalue weighted by atomic mass is 32.2. The van der Waals surface area contributed by atoms with E-state index in [-0.39, 0.29) is 17.4 Å². The molecule has 0 aromatic carbocycles. The molecule has 1 unspecified atom stereocenters. The van der Waals surface area contributed by atoms with Gasteiger partial charge in [-0.3, -0.25) is 4.79 Å². The molecule has 3 nitrogen and oxygen atoms in total. The molecule has 0 aromatic rings. The highest BCUT2D eigenvalue weighted by Crippen LogP contribution is 2.25. The minimum Gasteiger partial charge on any atom is -0.354 e. The average Bonchev–Trinajstić information content (AvgIpc) is 2.27. The average molecular weight is 274 g/mol. The van der Waals surface area contributed by atoms with Gasteiger partial charge in [-0.2, -0.15) is 11.8 Å². The van der Waals surface area contributed by atoms with Gasteiger partial charge >= 0.3 is 0 Å². The Balaban J connectivity index is 3.76. The summed E-state index contributed by atoms with van der Waals surface area (Å²) in [6.07, 6.45) is 3.55. The summed E-state index contributed by atoms with van der Waals surface area (Å²) in [5, 5.41) is 3.07. The van der Waals surface area contributed by atoms with Crippen molar-refractivity contribution in [2.24, 2.45) is 11.1 Å². The van der Waals surface area contributed by atoms with Gasteiger partial charge in [-0.25, -0.2) is 0 Å². The summed E-state index contributed by atoms with van der Waals surface area (Å²) in [5.41, 5.74) is 5.74. The second-order valence-electron chi connectivity index (χ2n) is 5.66. The molecule has 18 heavy (non-hydrogen) atoms. The third kappa shape index (κ3) is 9.77. The monoisotopic (exact) mass is 274 g/mol. The fourth-order valence-corrected chi connectivity index (χ4v) is 2.60. The molecule has 0 rings (SSSR count). The molecule has 0 saturated heterocycles. The van der Waals surface area contributed by atoms with Crippen molar-refractivity contribution in [3.63, 3.8) is 0 Å². The number of hydrogen-bond acceptors (Lipinski definition) is 3. The molecule has 0 bridgehead atoms. The molecule has 0 saturated carbocycles. The Bertz CT molecular complexity index is 232. The van der Waals surface area contributed by atoms with E-state index >= 15 is 0 Å². The van der Waals surface area contributed by atoms with Crippen LogP contribution in [-0.2, 0) is 4.79 Å². The van der Waals surface area contributed by atoms with Crippen LogP contribution in [0.2, 0.25) is 0 Å². The number of rotatable bonds is 10. The Hall–Kier alpha value is -0.220. The highest BCUT2D eigenvalue weighted by Gasteiger charge is 2.18. The van der Waals surface area contributed by atoms with Gasteiger partial charge in [0, 0.05) is 12.5 Å². The molecule has 0 aliphatic heterocycles. The van der Waals surface area contributed by atoms with Gasteiger partial charge in [0.05, 0.1) is 0 Å². The predicted octanol–water partition coefficient (Wildman–Crippen LogP) is 2.79. The lowest BCUT2D eigenvalue weighted by atomic mass is 9.84. The molecule has 4 heteroatoms. The summed E-state index contributed by atoms with van der Waals surface area (Å²) in [5.74, 6) is 2.44. The van der Waals surface area contributed by atoms with Crippen molar-refractivity contribution < 1.29 is 4.79 Å². The maximum atomic E-state index is 11.8. The van der Waals surface area contributed by atoms with Crippen molar-refractivity contribution in [2.75, 3.05) is 18.1 Å². The maximum absolute atomic E-state index is 11.8. The molecule has 0 fully saturated rings. The van der Waals surface area contributed by atoms with E-state index in [4.69, 9.17) is 5.73 Å². The molecule has 108 valence electrons. The summed E-state index contributed by atoms with van der Waals surface area (Å²) in [6, 6.07) is 0.286. The second kappa shape index (κ2) is 9.68. The van der Waals surface area contributed by atoms with Gasteiger partial charge in [0.25, 0.3) is 0 Å². The predicted molar refractivity (Wildman–Crippen MR) is 81.9 cm³/mol. The van der Waals surface area contributed by atoms with Gasteiger partial charge in [0.1, 0.15) is 0 Å². The number of hydrogen-bond donors (Lipinski definition) is 2. The van der Waals surface area contributed by atoms with Crippen LogP contribution in [-0.4, -0.2) is 30.0 Å². The largest absolute Gasteiger partial charge is 0.354 e. The van der Waals surface area contributed by atoms with Gasteiger partial charge in [0.15, 0.2) is 0 Å². The van der Waals surface area contributed by atoms with Crippen molar-refractivity contribution in [2.45, 2.75) is 59.4 Å². The Labute approximate surface area is 117 Å². The van der Waals surface area contributed by atoms with Crippen LogP contribution in [0.15, 0.2) is 0 Å². The Kier molecular flexibility index (Phi) is 9.56. The zero-order chi connectivity index (χ0) is 14.0. The lowest BCUT2D eigenvalue weighted by Crippen LogP contribution is -2.33. The summed E-state index contributed by atoms with van der Waals surface area (Å²) < 4.78 is 0. The first-order valence-corrected chi connectivity index (χ1v) is 8.14. The third-order valence-electron chi connectivity index (χ3n) is 3.16. The molecule has 0 radical (unpaired) electrons. The summed E-state index contributed by atoms with van der Waals surface area (Å²) in [7, 11) is 0. The van der Waals surface area contributed by atoms with E-state index in [9.17, 15) is 4.79 Å². The van der Waals surface area contributed by atoms with Gasteiger partial charge in [0.2, 0.25) is 5.91 Å². The van der Waals surface area contributed by atoms with E-state index in [1.165, 1.54) is 0 Å². The molecule has 1 amide bonds. The quantitative estimate of drug-likeness (QED) is 0.602. The standard InChI is InChI=1S/C14H30N2OS/c1-5-18-11-7-12(2)16-13(17)6-8-14(3,4)9-10-15/h12H,5-11,15H2,1-4H3,(H,16,17). The number of carbonyl (C=O) groups is 1. The van der Waals surface area contributed by atoms with Crippen LogP contribution in [0.3, 0.4) is 0 Å². The Morgan fingerprint density at radius 3 is 2.61 bits per heavy atom. The second-order valence-corrected chi connectivity index (χ2v) is 7.05. The van der Waals surface area contributed by atoms with Gasteiger partial charge in [-0.15, -0.1) is 0 Å². The lowest BCUT2D eigenvalue weighted by Gasteiger charge is -2.23. The van der Waals surface area contributed by atoms with E-state index in [1.54, 1.807) is 0 Å². The molecule has 0 aliphatic rings. The number of thioether (sulfide) groups is 1. The van der Waals surface area contributed by atoms with Crippen molar-refractivity contribution in [3.8, 4) is 0 Å². The van der Waals surface area contributed by atoms with Crippen LogP contribution < -0.4 is 11.1 Å². The van der Waals surface area contributed by atoms with E-state index in [0.717, 1.165) is 30.8 Å². The number of nitrogens with one attached hydrogen (secondary N) is 1. The van der Waals surface area contributed by atoms with Gasteiger partial charge in [-0.05, 0) is 49.7 Å². The topological polar surface area (TPSA) is 55.1 Å². The maximum Gasteiger partial charge on any atom is 0.220 e. The molecule has 0 aromatic heterocycles. The van der Waals surface area contributed by atoms with Crippen LogP contribution in [0.5, 0.6) is 0 Å². The van der Waals surface area contributed by atoms with Crippen molar-refractivity contribution >= 4 is 17.7 Å². The molecular formula is C14H30N2OS. The fourth-order valence-electron chi connectivity index (χ4n) is 1.79. The van der Waals surface area contributed by atoms with Crippen LogP contribution in [0.1, 0.15) is 53.4 Å². The summed E-state index contributed by atoms with van der Waals surface area (Å²) >= 11 is 1.92. The third-order valence-corrected chi connectivity index (χ3v) is 4.09. The van der Waals surface area contributed by atoms with Crippen LogP contribution in [0.25, 0.3) is 0 Å². The van der Waals surface area contributed by atoms with E-state index in [1.807, 2.05) is 11.8 Å². The van der Waals surface area contributed by atoms with Crippen molar-refractivity contribution in [1.29, 1.82) is 0 Å². The van der Waals surface area contributed by atoms with E-state index in [2.05, 4.69) is 33.0 Å². The zero-order valence-electron chi connectivity index (χ0n) is 12.4. The molecule has 1 atom stereocenters. The number of carbonyl (C=O) groups excluding carboxylic acids is 1. The van der Waals surface area contributed by atoms with Gasteiger partial charge in [-0.1, -0.05) is 20.8 Å². The fraction of sp³-hybridized carbons (Fsp3) is 0.929. The number of nitrogens with two attached hydrogens (primary N) is 1. The van der Waals surface area contributed by atoms with Gasteiger partial charge < -0.3 is 11.1 Å². The first-order chi connectivity index (χ1) is 8.41. The molecular weight excluding hydrogens is 244 g/mol. The lowest BCUT2D eigenvalue weighted by molar-refractivity contribution is -0.122. The van der Waals surface area contributed by atoms with Crippen molar-refractivity contribution in [1.82, 2.24) is 5.32 Å². The molecule has 0 spiro atoms. The Morgan fingerprint density at radius 1 is 1.39 bits per heavy atom. The minimum absolute atomic E-state index is 0.174. The molecule has 0 heterocycles. The molecule has 3 N–H and O–H groups in total. The highest BCUT2D eigenvalue weighted by molar-refractivity contribution is 7.99. The minimum atomic E-state index is 0.174. The van der Waals surface area contributed by atoms with Crippen molar-refractivity contribution in [3.05, 3.63) is 0 Å². The first kappa shape index (κ1) is 17.8. The normalized spacial score (nSPS) is 13.4. The van der Waals surface area contributed by atoms with Crippen LogP contribution >= 0.6 is 11.8 Å². The van der Waals surface area contributed by atoms with Crippen LogP contribution in [0.4, 0.5) is 0 Å². The zero-order valence-corrected chi connectivity index (χ0v) is 13.2.